The number of halogens is 3. The van der Waals surface area contributed by atoms with Crippen LogP contribution in [0, 0.1) is 0 Å². The summed E-state index contributed by atoms with van der Waals surface area (Å²) >= 11 is 0. The van der Waals surface area contributed by atoms with Crippen molar-refractivity contribution in [1.29, 1.82) is 0 Å². The number of hydrogen-bond donors (Lipinski definition) is 5. The van der Waals surface area contributed by atoms with E-state index in [1.54, 1.807) is 30.3 Å². The van der Waals surface area contributed by atoms with Gasteiger partial charge in [-0.15, -0.1) is 0 Å². The van der Waals surface area contributed by atoms with Gasteiger partial charge in [-0.2, -0.15) is 23.2 Å². The van der Waals surface area contributed by atoms with Crippen LogP contribution in [-0.4, -0.2) is 79.5 Å². The molecule has 1 saturated heterocycles. The largest absolute Gasteiger partial charge is 0.490 e. The van der Waals surface area contributed by atoms with Crippen molar-refractivity contribution in [3.63, 3.8) is 0 Å². The van der Waals surface area contributed by atoms with Crippen LogP contribution >= 0.6 is 7.75 Å². The summed E-state index contributed by atoms with van der Waals surface area (Å²) in [4.78, 5) is 37.7. The van der Waals surface area contributed by atoms with Crippen molar-refractivity contribution < 1.29 is 61.2 Å². The highest BCUT2D eigenvalue weighted by Crippen LogP contribution is 2.47. The Labute approximate surface area is 267 Å². The van der Waals surface area contributed by atoms with Crippen LogP contribution in [0.4, 0.5) is 19.0 Å². The van der Waals surface area contributed by atoms with Gasteiger partial charge in [-0.05, 0) is 57.7 Å². The van der Waals surface area contributed by atoms with Crippen LogP contribution in [0.15, 0.2) is 47.4 Å². The fourth-order valence-electron chi connectivity index (χ4n) is 4.78. The molecule has 2 aromatic rings. The molecule has 0 radical (unpaired) electrons. The number of nitrogens with two attached hydrogens (primary N) is 1. The zero-order chi connectivity index (χ0) is 35.0. The number of aromatic nitrogens is 2. The number of alkyl halides is 3. The van der Waals surface area contributed by atoms with Crippen molar-refractivity contribution in [1.82, 2.24) is 14.6 Å². The second-order valence-corrected chi connectivity index (χ2v) is 12.8. The van der Waals surface area contributed by atoms with Crippen LogP contribution in [-0.2, 0) is 28.2 Å². The predicted molar refractivity (Wildman–Crippen MR) is 158 cm³/mol. The molecular weight excluding hydrogens is 656 g/mol. The SMILES string of the molecule is C[C@H](NP(=O)(OC[C@H]1O[C@@H](n2ccc(N)nc2=O)[C@](C)(O)[C@@H]1O)Oc1ccccc1)C(=O)OC1CCCCCC1.O=C(O)C(F)(F)F. The molecule has 1 saturated carbocycles. The first-order chi connectivity index (χ1) is 21.9. The van der Waals surface area contributed by atoms with Gasteiger partial charge in [0.25, 0.3) is 0 Å². The molecule has 2 heterocycles. The molecule has 1 aliphatic carbocycles. The van der Waals surface area contributed by atoms with Gasteiger partial charge in [0, 0.05) is 6.20 Å². The molecule has 4 rings (SSSR count). The lowest BCUT2D eigenvalue weighted by Gasteiger charge is -2.27. The van der Waals surface area contributed by atoms with E-state index in [2.05, 4.69) is 10.1 Å². The fourth-order valence-corrected chi connectivity index (χ4v) is 6.28. The van der Waals surface area contributed by atoms with Gasteiger partial charge in [0.05, 0.1) is 6.61 Å². The van der Waals surface area contributed by atoms with Gasteiger partial charge in [-0.25, -0.2) is 14.2 Å². The Morgan fingerprint density at radius 2 is 1.79 bits per heavy atom. The maximum Gasteiger partial charge on any atom is 0.490 e. The van der Waals surface area contributed by atoms with Gasteiger partial charge in [0.1, 0.15) is 41.5 Å². The van der Waals surface area contributed by atoms with E-state index in [-0.39, 0.29) is 17.7 Å². The van der Waals surface area contributed by atoms with Gasteiger partial charge >= 0.3 is 31.6 Å². The molecule has 1 aromatic carbocycles. The topological polar surface area (TPSA) is 222 Å². The molecule has 6 atom stereocenters. The molecule has 1 aliphatic heterocycles. The zero-order valence-electron chi connectivity index (χ0n) is 25.5. The summed E-state index contributed by atoms with van der Waals surface area (Å²) < 4.78 is 69.3. The molecule has 0 amide bonds. The molecule has 6 N–H and O–H groups in total. The number of carboxylic acids is 1. The minimum absolute atomic E-state index is 0.0175. The molecule has 0 spiro atoms. The Kier molecular flexibility index (Phi) is 12.9. The Bertz CT molecular complexity index is 1450. The molecule has 2 aliphatic rings. The van der Waals surface area contributed by atoms with Gasteiger partial charge in [0.15, 0.2) is 6.23 Å². The lowest BCUT2D eigenvalue weighted by molar-refractivity contribution is -0.192. The van der Waals surface area contributed by atoms with E-state index < -0.39 is 68.2 Å². The third kappa shape index (κ3) is 10.7. The van der Waals surface area contributed by atoms with E-state index in [4.69, 9.17) is 34.2 Å². The number of hydrogen-bond acceptors (Lipinski definition) is 12. The summed E-state index contributed by atoms with van der Waals surface area (Å²) in [6, 6.07) is 8.52. The first-order valence-electron chi connectivity index (χ1n) is 14.6. The van der Waals surface area contributed by atoms with Crippen LogP contribution in [0.5, 0.6) is 5.75 Å². The predicted octanol–water partition coefficient (Wildman–Crippen LogP) is 2.92. The van der Waals surface area contributed by atoms with Gasteiger partial charge < -0.3 is 35.1 Å². The lowest BCUT2D eigenvalue weighted by Crippen LogP contribution is -2.46. The number of esters is 1. The zero-order valence-corrected chi connectivity index (χ0v) is 26.4. The molecule has 1 unspecified atom stereocenters. The summed E-state index contributed by atoms with van der Waals surface area (Å²) in [5.74, 6) is -3.16. The molecule has 2 fully saturated rings. The van der Waals surface area contributed by atoms with Crippen LogP contribution < -0.4 is 21.0 Å². The first-order valence-corrected chi connectivity index (χ1v) is 16.2. The Morgan fingerprint density at radius 1 is 1.19 bits per heavy atom. The maximum absolute atomic E-state index is 13.9. The number of nitrogens with zero attached hydrogens (tertiary/aromatic N) is 2. The van der Waals surface area contributed by atoms with E-state index in [1.807, 2.05) is 0 Å². The monoisotopic (exact) mass is 694 g/mol. The van der Waals surface area contributed by atoms with E-state index in [0.29, 0.717) is 0 Å². The fraction of sp³-hybridized carbons (Fsp3) is 0.571. The minimum Gasteiger partial charge on any atom is -0.475 e. The molecular formula is C28H38F3N4O11P. The highest BCUT2D eigenvalue weighted by atomic mass is 31.2. The van der Waals surface area contributed by atoms with E-state index >= 15 is 0 Å². The van der Waals surface area contributed by atoms with Crippen molar-refractivity contribution in [2.24, 2.45) is 0 Å². The van der Waals surface area contributed by atoms with Crippen LogP contribution in [0.2, 0.25) is 0 Å². The normalized spacial score (nSPS) is 25.4. The van der Waals surface area contributed by atoms with Crippen molar-refractivity contribution >= 4 is 25.5 Å². The van der Waals surface area contributed by atoms with Crippen molar-refractivity contribution in [3.8, 4) is 5.75 Å². The summed E-state index contributed by atoms with van der Waals surface area (Å²) in [5.41, 5.74) is 2.81. The molecule has 19 heteroatoms. The standard InChI is InChI=1S/C26H37N4O9P.C2HF3O2/c1-17(23(32)37-18-10-6-3-4-7-11-18)29-40(35,39-19-12-8-5-9-13-19)36-16-20-22(31)26(2,34)24(38-20)30-15-14-21(27)28-25(30)33;3-2(4,5)1(6)7/h5,8-9,12-15,17-18,20,22,24,31,34H,3-4,6-7,10-11,16H2,1-2H3,(H,29,35)(H2,27,28,33);(H,6,7)/t17-,20+,22+,24+,26+,40?;/m0./s1. The number of carbonyl (C=O) groups is 2. The maximum atomic E-state index is 13.9. The Hall–Kier alpha value is -3.54. The highest BCUT2D eigenvalue weighted by molar-refractivity contribution is 7.52. The summed E-state index contributed by atoms with van der Waals surface area (Å²) in [6.45, 7) is 2.26. The molecule has 1 aromatic heterocycles. The number of ether oxygens (including phenoxy) is 2. The minimum atomic E-state index is -5.08. The molecule has 0 bridgehead atoms. The number of aliphatic carboxylic acids is 1. The summed E-state index contributed by atoms with van der Waals surface area (Å²) in [7, 11) is -4.26. The smallest absolute Gasteiger partial charge is 0.475 e. The summed E-state index contributed by atoms with van der Waals surface area (Å²) in [5, 5.41) is 31.5. The highest BCUT2D eigenvalue weighted by Gasteiger charge is 2.54. The number of carbonyl (C=O) groups excluding carboxylic acids is 1. The molecule has 47 heavy (non-hydrogen) atoms. The van der Waals surface area contributed by atoms with Crippen LogP contribution in [0.1, 0.15) is 58.6 Å². The quantitative estimate of drug-likeness (QED) is 0.137. The molecule has 262 valence electrons. The second-order valence-electron chi connectivity index (χ2n) is 11.1. The third-order valence-corrected chi connectivity index (χ3v) is 8.91. The van der Waals surface area contributed by atoms with Gasteiger partial charge in [0.2, 0.25) is 0 Å². The number of para-hydroxylation sites is 1. The number of nitrogens with one attached hydrogen (secondary N) is 1. The number of aliphatic hydroxyl groups is 2. The average molecular weight is 695 g/mol. The second kappa shape index (κ2) is 16.0. The Balaban J connectivity index is 0.000000771. The van der Waals surface area contributed by atoms with Crippen LogP contribution in [0.3, 0.4) is 0 Å². The van der Waals surface area contributed by atoms with Crippen molar-refractivity contribution in [3.05, 3.63) is 53.1 Å². The van der Waals surface area contributed by atoms with E-state index in [0.717, 1.165) is 43.1 Å². The third-order valence-electron chi connectivity index (χ3n) is 7.27. The molecule has 15 nitrogen and oxygen atoms in total. The van der Waals surface area contributed by atoms with E-state index in [9.17, 15) is 37.5 Å². The number of carboxylic acid groups (broad SMARTS) is 1. The van der Waals surface area contributed by atoms with E-state index in [1.165, 1.54) is 26.1 Å². The summed E-state index contributed by atoms with van der Waals surface area (Å²) in [6.07, 6.45) is -2.42. The number of benzene rings is 1. The van der Waals surface area contributed by atoms with Crippen LogP contribution in [0.25, 0.3) is 0 Å². The van der Waals surface area contributed by atoms with Gasteiger partial charge in [-0.1, -0.05) is 31.0 Å². The number of nitrogen functional groups attached to an aromatic ring is 1. The van der Waals surface area contributed by atoms with Gasteiger partial charge in [-0.3, -0.25) is 13.9 Å². The van der Waals surface area contributed by atoms with Crippen molar-refractivity contribution in [2.45, 2.75) is 94.7 Å². The number of rotatable bonds is 10. The number of anilines is 1. The first kappa shape index (κ1) is 37.9. The number of aliphatic hydroxyl groups excluding tert-OH is 1. The average Bonchev–Trinajstić information content (AvgIpc) is 3.14. The van der Waals surface area contributed by atoms with Crippen molar-refractivity contribution in [2.75, 3.05) is 12.3 Å². The lowest BCUT2D eigenvalue weighted by atomic mass is 9.96. The Morgan fingerprint density at radius 3 is 2.34 bits per heavy atom.